The highest BCUT2D eigenvalue weighted by Gasteiger charge is 2.42. The molecule has 0 saturated heterocycles. The Morgan fingerprint density at radius 3 is 2.78 bits per heavy atom. The van der Waals surface area contributed by atoms with Crippen LogP contribution in [0.25, 0.3) is 16.4 Å². The van der Waals surface area contributed by atoms with Crippen LogP contribution in [-0.2, 0) is 12.0 Å². The monoisotopic (exact) mass is 447 g/mol. The third-order valence-corrected chi connectivity index (χ3v) is 7.27. The number of nitrogens with zero attached hydrogens (tertiary/aromatic N) is 7. The molecule has 0 amide bonds. The van der Waals surface area contributed by atoms with E-state index in [1.807, 2.05) is 29.8 Å². The largest absolute Gasteiger partial charge is 0.479 e. The summed E-state index contributed by atoms with van der Waals surface area (Å²) in [4.78, 5) is 16.3. The maximum Gasteiger partial charge on any atom is 0.238 e. The molecular formula is C23H25N7OS. The molecule has 1 aliphatic heterocycles. The average molecular weight is 448 g/mol. The number of fused-ring (bicyclic) bond motifs is 1. The third-order valence-electron chi connectivity index (χ3n) is 6.42. The number of pyridine rings is 1. The van der Waals surface area contributed by atoms with Crippen molar-refractivity contribution in [3.8, 4) is 22.3 Å². The number of methoxy groups -OCH3 is 1. The van der Waals surface area contributed by atoms with E-state index in [2.05, 4.69) is 32.9 Å². The lowest BCUT2D eigenvalue weighted by Gasteiger charge is -2.27. The Balaban J connectivity index is 1.32. The van der Waals surface area contributed by atoms with Gasteiger partial charge in [0.2, 0.25) is 5.88 Å². The van der Waals surface area contributed by atoms with Crippen LogP contribution in [0.1, 0.15) is 37.6 Å². The van der Waals surface area contributed by atoms with Crippen LogP contribution in [0.4, 0.5) is 11.6 Å². The van der Waals surface area contributed by atoms with Gasteiger partial charge < -0.3 is 14.2 Å². The Hall–Kier alpha value is -3.20. The fraction of sp³-hybridized carbons (Fsp3) is 0.391. The normalized spacial score (nSPS) is 16.8. The van der Waals surface area contributed by atoms with Gasteiger partial charge in [0.25, 0.3) is 0 Å². The van der Waals surface area contributed by atoms with Gasteiger partial charge in [0.05, 0.1) is 24.8 Å². The van der Waals surface area contributed by atoms with Gasteiger partial charge in [0, 0.05) is 36.1 Å². The molecule has 0 aromatic carbocycles. The van der Waals surface area contributed by atoms with Crippen LogP contribution in [0.15, 0.2) is 36.1 Å². The minimum atomic E-state index is 0.263. The number of aryl methyl sites for hydroxylation is 2. The maximum absolute atomic E-state index is 5.58. The second-order valence-electron chi connectivity index (χ2n) is 8.83. The standard InChI is InChI=1S/C23H25N7OS/c1-15-12-28(14-24-15)17-6-5-16(25-21(17)31-3)22-26-19(13-32-22)29-9-4-10-30-20(29)11-18(27-30)23(2)7-8-23/h5-6,11-14H,4,7-10H2,1-3H3. The molecule has 0 unspecified atom stereocenters. The van der Waals surface area contributed by atoms with Gasteiger partial charge in [-0.15, -0.1) is 11.3 Å². The van der Waals surface area contributed by atoms with Gasteiger partial charge >= 0.3 is 0 Å². The zero-order valence-corrected chi connectivity index (χ0v) is 19.3. The van der Waals surface area contributed by atoms with E-state index in [0.717, 1.165) is 53.2 Å². The minimum absolute atomic E-state index is 0.263. The van der Waals surface area contributed by atoms with Gasteiger partial charge in [0.1, 0.15) is 28.0 Å². The van der Waals surface area contributed by atoms with Crippen molar-refractivity contribution in [1.29, 1.82) is 0 Å². The Kier molecular flexibility index (Phi) is 4.36. The van der Waals surface area contributed by atoms with E-state index < -0.39 is 0 Å². The number of hydrogen-bond donors (Lipinski definition) is 0. The molecule has 5 heterocycles. The molecule has 8 nitrogen and oxygen atoms in total. The second-order valence-corrected chi connectivity index (χ2v) is 9.69. The second kappa shape index (κ2) is 7.16. The zero-order valence-electron chi connectivity index (χ0n) is 18.4. The highest BCUT2D eigenvalue weighted by atomic mass is 32.1. The van der Waals surface area contributed by atoms with Crippen LogP contribution >= 0.6 is 11.3 Å². The number of ether oxygens (including phenoxy) is 1. The van der Waals surface area contributed by atoms with Crippen molar-refractivity contribution in [3.05, 3.63) is 47.5 Å². The Morgan fingerprint density at radius 2 is 2.03 bits per heavy atom. The summed E-state index contributed by atoms with van der Waals surface area (Å²) in [5.41, 5.74) is 4.08. The summed E-state index contributed by atoms with van der Waals surface area (Å²) in [5.74, 6) is 2.65. The first kappa shape index (κ1) is 19.5. The number of rotatable bonds is 5. The SMILES string of the molecule is COc1nc(-c2nc(N3CCCn4nc(C5(C)CC5)cc43)cs2)ccc1-n1cnc(C)c1. The molecule has 0 spiro atoms. The number of imidazole rings is 1. The average Bonchev–Trinajstić information content (AvgIpc) is 3.23. The van der Waals surface area contributed by atoms with Crippen molar-refractivity contribution >= 4 is 23.0 Å². The molecule has 0 atom stereocenters. The number of anilines is 2. The highest BCUT2D eigenvalue weighted by Crippen LogP contribution is 2.48. The van der Waals surface area contributed by atoms with Crippen LogP contribution in [0, 0.1) is 6.92 Å². The molecule has 1 aliphatic carbocycles. The summed E-state index contributed by atoms with van der Waals surface area (Å²) in [7, 11) is 1.64. The van der Waals surface area contributed by atoms with E-state index >= 15 is 0 Å². The molecule has 1 saturated carbocycles. The highest BCUT2D eigenvalue weighted by molar-refractivity contribution is 7.13. The van der Waals surface area contributed by atoms with Crippen LogP contribution in [0.3, 0.4) is 0 Å². The lowest BCUT2D eigenvalue weighted by molar-refractivity contribution is 0.396. The molecule has 32 heavy (non-hydrogen) atoms. The van der Waals surface area contributed by atoms with E-state index in [0.29, 0.717) is 5.88 Å². The first-order valence-electron chi connectivity index (χ1n) is 10.9. The van der Waals surface area contributed by atoms with E-state index in [9.17, 15) is 0 Å². The van der Waals surface area contributed by atoms with Crippen molar-refractivity contribution in [2.24, 2.45) is 0 Å². The van der Waals surface area contributed by atoms with Crippen molar-refractivity contribution in [1.82, 2.24) is 29.3 Å². The van der Waals surface area contributed by atoms with Crippen LogP contribution < -0.4 is 9.64 Å². The molecule has 4 aromatic rings. The van der Waals surface area contributed by atoms with Crippen molar-refractivity contribution in [2.75, 3.05) is 18.6 Å². The van der Waals surface area contributed by atoms with E-state index in [1.165, 1.54) is 18.5 Å². The summed E-state index contributed by atoms with van der Waals surface area (Å²) in [6.45, 7) is 6.18. The molecule has 1 fully saturated rings. The summed E-state index contributed by atoms with van der Waals surface area (Å²) in [6, 6.07) is 6.25. The Bertz CT molecular complexity index is 1300. The Morgan fingerprint density at radius 1 is 1.16 bits per heavy atom. The third kappa shape index (κ3) is 3.19. The molecule has 164 valence electrons. The molecule has 9 heteroatoms. The zero-order chi connectivity index (χ0) is 21.9. The lowest BCUT2D eigenvalue weighted by Crippen LogP contribution is -2.28. The van der Waals surface area contributed by atoms with E-state index in [-0.39, 0.29) is 5.41 Å². The van der Waals surface area contributed by atoms with E-state index in [1.54, 1.807) is 24.8 Å². The van der Waals surface area contributed by atoms with E-state index in [4.69, 9.17) is 19.8 Å². The van der Waals surface area contributed by atoms with Crippen molar-refractivity contribution < 1.29 is 4.74 Å². The summed E-state index contributed by atoms with van der Waals surface area (Å²) < 4.78 is 9.64. The Labute approximate surface area is 190 Å². The smallest absolute Gasteiger partial charge is 0.238 e. The first-order valence-corrected chi connectivity index (χ1v) is 11.8. The number of aromatic nitrogens is 6. The van der Waals surface area contributed by atoms with Gasteiger partial charge in [-0.3, -0.25) is 0 Å². The summed E-state index contributed by atoms with van der Waals surface area (Å²) in [5, 5.41) is 7.88. The molecule has 2 aliphatic rings. The van der Waals surface area contributed by atoms with Gasteiger partial charge in [0.15, 0.2) is 0 Å². The molecule has 0 radical (unpaired) electrons. The quantitative estimate of drug-likeness (QED) is 0.449. The van der Waals surface area contributed by atoms with Gasteiger partial charge in [-0.05, 0) is 38.3 Å². The van der Waals surface area contributed by atoms with Crippen LogP contribution in [-0.4, -0.2) is 43.0 Å². The van der Waals surface area contributed by atoms with Crippen molar-refractivity contribution in [2.45, 2.75) is 45.1 Å². The van der Waals surface area contributed by atoms with Gasteiger partial charge in [-0.1, -0.05) is 6.92 Å². The van der Waals surface area contributed by atoms with Crippen LogP contribution in [0.2, 0.25) is 0 Å². The fourth-order valence-corrected chi connectivity index (χ4v) is 4.99. The first-order chi connectivity index (χ1) is 15.5. The molecule has 6 rings (SSSR count). The molecule has 0 bridgehead atoms. The summed E-state index contributed by atoms with van der Waals surface area (Å²) >= 11 is 1.60. The molecule has 0 N–H and O–H groups in total. The predicted molar refractivity (Wildman–Crippen MR) is 124 cm³/mol. The molecule has 4 aromatic heterocycles. The number of hydrogen-bond acceptors (Lipinski definition) is 7. The van der Waals surface area contributed by atoms with Gasteiger partial charge in [-0.25, -0.2) is 19.6 Å². The van der Waals surface area contributed by atoms with Crippen molar-refractivity contribution in [3.63, 3.8) is 0 Å². The summed E-state index contributed by atoms with van der Waals surface area (Å²) in [6.07, 6.45) is 7.24. The minimum Gasteiger partial charge on any atom is -0.479 e. The fourth-order valence-electron chi connectivity index (χ4n) is 4.21. The topological polar surface area (TPSA) is 73.9 Å². The lowest BCUT2D eigenvalue weighted by atomic mass is 10.1. The number of thiazole rings is 1. The molecular weight excluding hydrogens is 422 g/mol. The van der Waals surface area contributed by atoms with Gasteiger partial charge in [-0.2, -0.15) is 5.10 Å². The predicted octanol–water partition coefficient (Wildman–Crippen LogP) is 4.50. The maximum atomic E-state index is 5.58. The van der Waals surface area contributed by atoms with Crippen LogP contribution in [0.5, 0.6) is 5.88 Å².